The predicted octanol–water partition coefficient (Wildman–Crippen LogP) is 4.37. The highest BCUT2D eigenvalue weighted by atomic mass is 35.5. The van der Waals surface area contributed by atoms with E-state index in [0.717, 1.165) is 37.1 Å². The van der Waals surface area contributed by atoms with Crippen LogP contribution in [0.3, 0.4) is 0 Å². The van der Waals surface area contributed by atoms with Crippen molar-refractivity contribution in [3.8, 4) is 0 Å². The maximum absolute atomic E-state index is 11.6. The van der Waals surface area contributed by atoms with Gasteiger partial charge in [0.2, 0.25) is 0 Å². The number of carbonyl (C=O) groups is 1. The molecule has 0 aromatic heterocycles. The Morgan fingerprint density at radius 3 is 2.48 bits per heavy atom. The van der Waals surface area contributed by atoms with Gasteiger partial charge in [-0.2, -0.15) is 0 Å². The molecule has 0 radical (unpaired) electrons. The summed E-state index contributed by atoms with van der Waals surface area (Å²) in [6.45, 7) is 2.13. The van der Waals surface area contributed by atoms with Gasteiger partial charge in [0.1, 0.15) is 0 Å². The van der Waals surface area contributed by atoms with E-state index in [4.69, 9.17) is 11.6 Å². The highest BCUT2D eigenvalue weighted by Gasteiger charge is 2.34. The summed E-state index contributed by atoms with van der Waals surface area (Å²) in [5.41, 5.74) is 1.18. The number of halogens is 1. The summed E-state index contributed by atoms with van der Waals surface area (Å²) in [4.78, 5) is 13.8. The van der Waals surface area contributed by atoms with Crippen molar-refractivity contribution < 1.29 is 9.90 Å². The summed E-state index contributed by atoms with van der Waals surface area (Å²) in [7, 11) is 2.05. The standard InChI is InChI=1S/C17H24ClNO2/c1-12(13-8-10-14(18)11-9-13)19(2)16-7-5-3-4-6-15(16)17(20)21/h8-12,15-16H,3-7H2,1-2H3,(H,20,21). The minimum atomic E-state index is -0.656. The second kappa shape index (κ2) is 7.28. The van der Waals surface area contributed by atoms with Crippen LogP contribution in [-0.4, -0.2) is 29.1 Å². The fourth-order valence-corrected chi connectivity index (χ4v) is 3.45. The van der Waals surface area contributed by atoms with E-state index in [2.05, 4.69) is 11.8 Å². The molecule has 1 aromatic carbocycles. The molecule has 1 aliphatic carbocycles. The molecular weight excluding hydrogens is 286 g/mol. The van der Waals surface area contributed by atoms with Gasteiger partial charge in [0.25, 0.3) is 0 Å². The Kier molecular flexibility index (Phi) is 5.65. The number of hydrogen-bond donors (Lipinski definition) is 1. The lowest BCUT2D eigenvalue weighted by Gasteiger charge is -2.36. The summed E-state index contributed by atoms with van der Waals surface area (Å²) in [6, 6.07) is 8.13. The van der Waals surface area contributed by atoms with Crippen LogP contribution in [-0.2, 0) is 4.79 Å². The Labute approximate surface area is 131 Å². The topological polar surface area (TPSA) is 40.5 Å². The second-order valence-corrected chi connectivity index (χ2v) is 6.48. The van der Waals surface area contributed by atoms with Gasteiger partial charge in [0, 0.05) is 17.1 Å². The summed E-state index contributed by atoms with van der Waals surface area (Å²) in [5.74, 6) is -0.913. The molecule has 1 N–H and O–H groups in total. The van der Waals surface area contributed by atoms with Crippen molar-refractivity contribution in [1.82, 2.24) is 4.90 Å². The summed E-state index contributed by atoms with van der Waals surface area (Å²) in [5, 5.41) is 10.3. The monoisotopic (exact) mass is 309 g/mol. The van der Waals surface area contributed by atoms with Crippen LogP contribution in [0.2, 0.25) is 5.02 Å². The van der Waals surface area contributed by atoms with E-state index in [9.17, 15) is 9.90 Å². The zero-order valence-electron chi connectivity index (χ0n) is 12.8. The van der Waals surface area contributed by atoms with Gasteiger partial charge in [-0.25, -0.2) is 0 Å². The lowest BCUT2D eigenvalue weighted by Crippen LogP contribution is -2.42. The van der Waals surface area contributed by atoms with E-state index in [1.165, 1.54) is 5.56 Å². The molecule has 3 atom stereocenters. The van der Waals surface area contributed by atoms with E-state index in [1.54, 1.807) is 0 Å². The Morgan fingerprint density at radius 1 is 1.24 bits per heavy atom. The van der Waals surface area contributed by atoms with Crippen LogP contribution >= 0.6 is 11.6 Å². The average Bonchev–Trinajstić information content (AvgIpc) is 2.72. The van der Waals surface area contributed by atoms with Gasteiger partial charge < -0.3 is 5.11 Å². The smallest absolute Gasteiger partial charge is 0.308 e. The van der Waals surface area contributed by atoms with E-state index >= 15 is 0 Å². The van der Waals surface area contributed by atoms with Crippen LogP contribution in [0.1, 0.15) is 50.6 Å². The second-order valence-electron chi connectivity index (χ2n) is 6.04. The van der Waals surface area contributed by atoms with Gasteiger partial charge in [-0.3, -0.25) is 9.69 Å². The van der Waals surface area contributed by atoms with Crippen molar-refractivity contribution in [2.24, 2.45) is 5.92 Å². The van der Waals surface area contributed by atoms with E-state index < -0.39 is 5.97 Å². The van der Waals surface area contributed by atoms with E-state index in [-0.39, 0.29) is 18.0 Å². The van der Waals surface area contributed by atoms with Gasteiger partial charge >= 0.3 is 5.97 Å². The molecule has 1 aromatic rings. The normalized spacial score (nSPS) is 24.6. The van der Waals surface area contributed by atoms with Crippen LogP contribution in [0.4, 0.5) is 0 Å². The number of rotatable bonds is 4. The minimum absolute atomic E-state index is 0.107. The van der Waals surface area contributed by atoms with Gasteiger partial charge in [0.15, 0.2) is 0 Å². The third-order valence-electron chi connectivity index (χ3n) is 4.78. The fourth-order valence-electron chi connectivity index (χ4n) is 3.33. The zero-order valence-corrected chi connectivity index (χ0v) is 13.5. The predicted molar refractivity (Wildman–Crippen MR) is 85.6 cm³/mol. The molecule has 21 heavy (non-hydrogen) atoms. The van der Waals surface area contributed by atoms with Crippen molar-refractivity contribution in [3.05, 3.63) is 34.9 Å². The Bertz CT molecular complexity index is 474. The molecule has 116 valence electrons. The number of hydrogen-bond acceptors (Lipinski definition) is 2. The zero-order chi connectivity index (χ0) is 15.4. The van der Waals surface area contributed by atoms with Crippen LogP contribution < -0.4 is 0 Å². The summed E-state index contributed by atoms with van der Waals surface area (Å²) >= 11 is 5.94. The Balaban J connectivity index is 2.16. The minimum Gasteiger partial charge on any atom is -0.481 e. The van der Waals surface area contributed by atoms with Crippen molar-refractivity contribution in [3.63, 3.8) is 0 Å². The third-order valence-corrected chi connectivity index (χ3v) is 5.04. The molecule has 1 saturated carbocycles. The molecule has 3 unspecified atom stereocenters. The molecule has 0 saturated heterocycles. The molecule has 2 rings (SSSR count). The number of nitrogens with zero attached hydrogens (tertiary/aromatic N) is 1. The van der Waals surface area contributed by atoms with E-state index in [1.807, 2.05) is 31.3 Å². The van der Waals surface area contributed by atoms with Crippen molar-refractivity contribution in [2.75, 3.05) is 7.05 Å². The summed E-state index contributed by atoms with van der Waals surface area (Å²) < 4.78 is 0. The molecule has 0 aliphatic heterocycles. The fraction of sp³-hybridized carbons (Fsp3) is 0.588. The SMILES string of the molecule is CC(c1ccc(Cl)cc1)N(C)C1CCCCCC1C(=O)O. The maximum atomic E-state index is 11.6. The molecule has 1 aliphatic rings. The Morgan fingerprint density at radius 2 is 1.86 bits per heavy atom. The summed E-state index contributed by atoms with van der Waals surface area (Å²) in [6.07, 6.45) is 5.04. The quantitative estimate of drug-likeness (QED) is 0.840. The lowest BCUT2D eigenvalue weighted by atomic mass is 9.92. The molecule has 4 heteroatoms. The highest BCUT2D eigenvalue weighted by Crippen LogP contribution is 2.32. The van der Waals surface area contributed by atoms with Crippen LogP contribution in [0.15, 0.2) is 24.3 Å². The molecule has 0 amide bonds. The molecule has 0 spiro atoms. The first kappa shape index (κ1) is 16.3. The van der Waals surface area contributed by atoms with E-state index in [0.29, 0.717) is 0 Å². The Hall–Kier alpha value is -1.06. The van der Waals surface area contributed by atoms with Gasteiger partial charge in [-0.15, -0.1) is 0 Å². The maximum Gasteiger partial charge on any atom is 0.308 e. The first-order chi connectivity index (χ1) is 10.0. The molecule has 3 nitrogen and oxygen atoms in total. The number of benzene rings is 1. The largest absolute Gasteiger partial charge is 0.481 e. The van der Waals surface area contributed by atoms with Gasteiger partial charge in [0.05, 0.1) is 5.92 Å². The van der Waals surface area contributed by atoms with Gasteiger partial charge in [-0.1, -0.05) is 43.0 Å². The molecular formula is C17H24ClNO2. The molecule has 0 heterocycles. The average molecular weight is 310 g/mol. The van der Waals surface area contributed by atoms with Crippen LogP contribution in [0.5, 0.6) is 0 Å². The molecule has 1 fully saturated rings. The van der Waals surface area contributed by atoms with Gasteiger partial charge in [-0.05, 0) is 44.5 Å². The first-order valence-corrected chi connectivity index (χ1v) is 8.08. The highest BCUT2D eigenvalue weighted by molar-refractivity contribution is 6.30. The molecule has 0 bridgehead atoms. The van der Waals surface area contributed by atoms with Crippen LogP contribution in [0, 0.1) is 5.92 Å². The van der Waals surface area contributed by atoms with Crippen molar-refractivity contribution >= 4 is 17.6 Å². The first-order valence-electron chi connectivity index (χ1n) is 7.71. The third kappa shape index (κ3) is 3.98. The van der Waals surface area contributed by atoms with Crippen molar-refractivity contribution in [1.29, 1.82) is 0 Å². The van der Waals surface area contributed by atoms with Crippen molar-refractivity contribution in [2.45, 2.75) is 51.1 Å². The number of carboxylic acids is 1. The number of aliphatic carboxylic acids is 1. The number of carboxylic acid groups (broad SMARTS) is 1. The lowest BCUT2D eigenvalue weighted by molar-refractivity contribution is -0.144. The van der Waals surface area contributed by atoms with Crippen LogP contribution in [0.25, 0.3) is 0 Å².